The molecule has 8 heteroatoms. The monoisotopic (exact) mass is 906 g/mol. The van der Waals surface area contributed by atoms with Crippen molar-refractivity contribution >= 4 is 101 Å². The van der Waals surface area contributed by atoms with Gasteiger partial charge < -0.3 is 23.5 Å². The minimum Gasteiger partial charge on any atom is -0.453 e. The highest BCUT2D eigenvalue weighted by molar-refractivity contribution is 8.00. The molecule has 0 N–H and O–H groups in total. The summed E-state index contributed by atoms with van der Waals surface area (Å²) < 4.78 is 18.2. The van der Waals surface area contributed by atoms with Gasteiger partial charge in [-0.2, -0.15) is 0 Å². The molecule has 10 aromatic carbocycles. The quantitative estimate of drug-likeness (QED) is 0.176. The Balaban J connectivity index is 0.837. The summed E-state index contributed by atoms with van der Waals surface area (Å²) in [6, 6.07) is 74.6. The number of hydrogen-bond donors (Lipinski definition) is 0. The van der Waals surface area contributed by atoms with Gasteiger partial charge in [0.25, 0.3) is 0 Å². The molecular weight excluding hydrogens is 873 g/mol. The molecule has 318 valence electrons. The van der Waals surface area contributed by atoms with Crippen molar-refractivity contribution in [2.75, 3.05) is 9.80 Å². The molecule has 4 aliphatic heterocycles. The van der Waals surface area contributed by atoms with Crippen LogP contribution < -0.4 is 19.3 Å². The average molecular weight is 907 g/mol. The van der Waals surface area contributed by atoms with E-state index < -0.39 is 0 Å². The van der Waals surface area contributed by atoms with Crippen LogP contribution in [0.5, 0.6) is 23.0 Å². The van der Waals surface area contributed by atoms with E-state index in [4.69, 9.17) is 9.47 Å². The Morgan fingerprint density at radius 1 is 0.294 bits per heavy atom. The van der Waals surface area contributed by atoms with E-state index in [-0.39, 0.29) is 0 Å². The Morgan fingerprint density at radius 2 is 0.706 bits per heavy atom. The number of rotatable bonds is 3. The molecule has 0 atom stereocenters. The topological polar surface area (TPSA) is 34.8 Å². The number of nitrogens with zero attached hydrogens (tertiary/aromatic N) is 4. The molecule has 4 aliphatic rings. The summed E-state index contributed by atoms with van der Waals surface area (Å²) >= 11 is 3.74. The van der Waals surface area contributed by atoms with Crippen LogP contribution in [0.3, 0.4) is 0 Å². The van der Waals surface area contributed by atoms with Gasteiger partial charge in [0.05, 0.1) is 56.2 Å². The smallest absolute Gasteiger partial charge is 0.157 e. The number of para-hydroxylation sites is 8. The number of benzene rings is 10. The van der Waals surface area contributed by atoms with Crippen molar-refractivity contribution < 1.29 is 9.47 Å². The molecule has 0 spiro atoms. The number of fused-ring (bicyclic) bond motifs is 14. The Morgan fingerprint density at radius 3 is 1.24 bits per heavy atom. The van der Waals surface area contributed by atoms with Crippen LogP contribution in [-0.4, -0.2) is 9.13 Å². The van der Waals surface area contributed by atoms with Crippen molar-refractivity contribution in [3.63, 3.8) is 0 Å². The zero-order valence-corrected chi connectivity index (χ0v) is 37.7. The van der Waals surface area contributed by atoms with Crippen LogP contribution in [0.25, 0.3) is 66.1 Å². The maximum atomic E-state index is 6.70. The van der Waals surface area contributed by atoms with E-state index in [1.807, 2.05) is 47.8 Å². The van der Waals surface area contributed by atoms with Crippen LogP contribution >= 0.6 is 23.5 Å². The van der Waals surface area contributed by atoms with Crippen molar-refractivity contribution in [1.82, 2.24) is 9.13 Å². The average Bonchev–Trinajstić information content (AvgIpc) is 3.90. The Hall–Kier alpha value is -8.30. The highest BCUT2D eigenvalue weighted by Gasteiger charge is 2.36. The van der Waals surface area contributed by atoms with Crippen molar-refractivity contribution in [3.8, 4) is 45.5 Å². The van der Waals surface area contributed by atoms with Gasteiger partial charge in [-0.05, 0) is 108 Å². The van der Waals surface area contributed by atoms with Gasteiger partial charge in [-0.1, -0.05) is 121 Å². The standard InChI is InChI=1S/C60H34N4O2S2/c1-3-15-43-39(13-1)41-29-35(25-27-45(41)61(43)37-31-53-59-54(32-37)66-52-22-10-6-18-48(52)63(59)47-17-5-9-21-51(47)65-53)36-26-28-46-42(30-36)40-14-2-4-16-44(40)62(46)38-33-57-60-58(34-38)68-56-24-12-8-20-50(56)64(60)49-19-7-11-23-55(49)67-57/h1-34H. The zero-order valence-electron chi connectivity index (χ0n) is 36.1. The molecule has 0 fully saturated rings. The zero-order chi connectivity index (χ0) is 44.2. The lowest BCUT2D eigenvalue weighted by Gasteiger charge is -2.38. The molecular formula is C60H34N4O2S2. The summed E-state index contributed by atoms with van der Waals surface area (Å²) in [7, 11) is 0. The minimum atomic E-state index is 0.755. The van der Waals surface area contributed by atoms with Crippen LogP contribution in [0.2, 0.25) is 0 Å². The highest BCUT2D eigenvalue weighted by Crippen LogP contribution is 2.62. The predicted molar refractivity (Wildman–Crippen MR) is 278 cm³/mol. The lowest BCUT2D eigenvalue weighted by molar-refractivity contribution is 0.445. The first-order valence-corrected chi connectivity index (χ1v) is 24.4. The summed E-state index contributed by atoms with van der Waals surface area (Å²) in [5, 5.41) is 4.82. The summed E-state index contributed by atoms with van der Waals surface area (Å²) in [6.45, 7) is 0. The van der Waals surface area contributed by atoms with Gasteiger partial charge in [-0.25, -0.2) is 0 Å². The normalized spacial score (nSPS) is 13.6. The molecule has 0 unspecified atom stereocenters. The van der Waals surface area contributed by atoms with E-state index in [1.165, 1.54) is 86.0 Å². The van der Waals surface area contributed by atoms with Crippen molar-refractivity contribution in [3.05, 3.63) is 206 Å². The first-order valence-electron chi connectivity index (χ1n) is 22.8. The molecule has 0 saturated heterocycles. The third kappa shape index (κ3) is 5.05. The van der Waals surface area contributed by atoms with Gasteiger partial charge in [0.2, 0.25) is 0 Å². The summed E-state index contributed by atoms with van der Waals surface area (Å²) in [6.07, 6.45) is 0. The van der Waals surface area contributed by atoms with Crippen LogP contribution in [0.15, 0.2) is 226 Å². The molecule has 68 heavy (non-hydrogen) atoms. The van der Waals surface area contributed by atoms with E-state index in [0.717, 1.165) is 56.8 Å². The van der Waals surface area contributed by atoms with Crippen molar-refractivity contribution in [1.29, 1.82) is 0 Å². The molecule has 12 aromatic rings. The molecule has 2 aromatic heterocycles. The fourth-order valence-electron chi connectivity index (χ4n) is 11.1. The van der Waals surface area contributed by atoms with Crippen molar-refractivity contribution in [2.45, 2.75) is 19.6 Å². The Labute approximate surface area is 398 Å². The van der Waals surface area contributed by atoms with Gasteiger partial charge in [-0.3, -0.25) is 4.90 Å². The second-order valence-corrected chi connectivity index (χ2v) is 19.9. The van der Waals surface area contributed by atoms with E-state index in [2.05, 4.69) is 201 Å². The summed E-state index contributed by atoms with van der Waals surface area (Å²) in [5.41, 5.74) is 15.7. The van der Waals surface area contributed by atoms with E-state index in [0.29, 0.717) is 0 Å². The Kier molecular flexibility index (Phi) is 7.39. The van der Waals surface area contributed by atoms with E-state index >= 15 is 0 Å². The number of ether oxygens (including phenoxy) is 2. The van der Waals surface area contributed by atoms with Gasteiger partial charge in [0.15, 0.2) is 23.0 Å². The van der Waals surface area contributed by atoms with Crippen LogP contribution in [0.1, 0.15) is 0 Å². The second kappa shape index (κ2) is 13.6. The van der Waals surface area contributed by atoms with Crippen LogP contribution in [0.4, 0.5) is 34.1 Å². The first kappa shape index (κ1) is 36.9. The molecule has 0 aliphatic carbocycles. The lowest BCUT2D eigenvalue weighted by Crippen LogP contribution is -2.20. The number of hydrogen-bond acceptors (Lipinski definition) is 6. The minimum absolute atomic E-state index is 0.755. The van der Waals surface area contributed by atoms with Gasteiger partial charge >= 0.3 is 0 Å². The molecule has 6 nitrogen and oxygen atoms in total. The molecule has 0 radical (unpaired) electrons. The lowest BCUT2D eigenvalue weighted by atomic mass is 10.0. The molecule has 0 saturated carbocycles. The summed E-state index contributed by atoms with van der Waals surface area (Å²) in [5.74, 6) is 3.13. The van der Waals surface area contributed by atoms with Crippen LogP contribution in [-0.2, 0) is 0 Å². The highest BCUT2D eigenvalue weighted by atomic mass is 32.2. The Bertz CT molecular complexity index is 3800. The largest absolute Gasteiger partial charge is 0.453 e. The molecule has 16 rings (SSSR count). The molecule has 6 heterocycles. The van der Waals surface area contributed by atoms with E-state index in [1.54, 1.807) is 0 Å². The first-order chi connectivity index (χ1) is 33.7. The van der Waals surface area contributed by atoms with E-state index in [9.17, 15) is 0 Å². The van der Waals surface area contributed by atoms with Gasteiger partial charge in [0.1, 0.15) is 5.69 Å². The second-order valence-electron chi connectivity index (χ2n) is 17.7. The summed E-state index contributed by atoms with van der Waals surface area (Å²) in [4.78, 5) is 9.80. The molecule has 0 bridgehead atoms. The third-order valence-corrected chi connectivity index (χ3v) is 16.2. The molecule has 0 amide bonds. The van der Waals surface area contributed by atoms with Crippen LogP contribution in [0, 0.1) is 0 Å². The van der Waals surface area contributed by atoms with Gasteiger partial charge in [-0.15, -0.1) is 0 Å². The SMILES string of the molecule is c1ccc2c(c1)Oc1cc(-n3c4ccccc4c4cc(-c5ccc6c(c5)c5ccccc5n6-c5cc6c7c(c5)Sc5ccccc5N7c5ccccc5S6)ccc43)cc3c1N2c1ccccc1O3. The maximum absolute atomic E-state index is 6.70. The van der Waals surface area contributed by atoms with Crippen molar-refractivity contribution in [2.24, 2.45) is 0 Å². The fourth-order valence-corrected chi connectivity index (χ4v) is 13.5. The fraction of sp³-hybridized carbons (Fsp3) is 0. The predicted octanol–water partition coefficient (Wildman–Crippen LogP) is 17.6. The van der Waals surface area contributed by atoms with Gasteiger partial charge in [0, 0.05) is 58.9 Å². The number of aromatic nitrogens is 2. The third-order valence-electron chi connectivity index (χ3n) is 14.0. The number of anilines is 6. The maximum Gasteiger partial charge on any atom is 0.157 e.